The van der Waals surface area contributed by atoms with Crippen LogP contribution in [0.4, 0.5) is 0 Å². The minimum absolute atomic E-state index is 0.0617. The van der Waals surface area contributed by atoms with Crippen LogP contribution in [0.1, 0.15) is 49.0 Å². The van der Waals surface area contributed by atoms with E-state index >= 15 is 0 Å². The Kier molecular flexibility index (Phi) is 6.70. The van der Waals surface area contributed by atoms with Crippen molar-refractivity contribution in [2.24, 2.45) is 0 Å². The van der Waals surface area contributed by atoms with Crippen molar-refractivity contribution >= 4 is 5.91 Å². The molecule has 2 N–H and O–H groups in total. The van der Waals surface area contributed by atoms with Crippen LogP contribution in [0.15, 0.2) is 24.3 Å². The molecule has 1 aromatic carbocycles. The zero-order valence-corrected chi connectivity index (χ0v) is 11.6. The number of amides is 1. The second-order valence-electron chi connectivity index (χ2n) is 4.49. The van der Waals surface area contributed by atoms with E-state index in [1.165, 1.54) is 0 Å². The third-order valence-electron chi connectivity index (χ3n) is 2.81. The average Bonchev–Trinajstić information content (AvgIpc) is 2.43. The maximum absolute atomic E-state index is 12.0. The number of hydrogen-bond acceptors (Lipinski definition) is 2. The molecule has 0 aliphatic heterocycles. The molecule has 1 atom stereocenters. The van der Waals surface area contributed by atoms with Gasteiger partial charge in [-0.05, 0) is 38.0 Å². The molecule has 0 bridgehead atoms. The second-order valence-corrected chi connectivity index (χ2v) is 4.49. The molecule has 3 nitrogen and oxygen atoms in total. The Balaban J connectivity index is 2.70. The Hall–Kier alpha value is -1.79. The van der Waals surface area contributed by atoms with Crippen molar-refractivity contribution in [2.75, 3.05) is 6.61 Å². The smallest absolute Gasteiger partial charge is 0.251 e. The Labute approximate surface area is 115 Å². The van der Waals surface area contributed by atoms with Gasteiger partial charge in [-0.15, -0.1) is 0 Å². The molecule has 0 aliphatic carbocycles. The van der Waals surface area contributed by atoms with Gasteiger partial charge < -0.3 is 10.4 Å². The summed E-state index contributed by atoms with van der Waals surface area (Å²) in [6, 6.07) is 7.47. The van der Waals surface area contributed by atoms with Gasteiger partial charge in [-0.1, -0.05) is 24.8 Å². The molecule has 3 heteroatoms. The van der Waals surface area contributed by atoms with E-state index in [0.717, 1.165) is 12.0 Å². The van der Waals surface area contributed by atoms with Gasteiger partial charge in [-0.3, -0.25) is 4.79 Å². The molecular weight excluding hydrogens is 238 g/mol. The van der Waals surface area contributed by atoms with Crippen LogP contribution in [-0.4, -0.2) is 23.7 Å². The van der Waals surface area contributed by atoms with Gasteiger partial charge in [-0.2, -0.15) is 0 Å². The number of benzene rings is 1. The van der Waals surface area contributed by atoms with Crippen molar-refractivity contribution < 1.29 is 9.90 Å². The molecule has 0 heterocycles. The molecule has 0 saturated heterocycles. The van der Waals surface area contributed by atoms with Gasteiger partial charge in [0.1, 0.15) is 0 Å². The minimum atomic E-state index is -0.0617. The van der Waals surface area contributed by atoms with Crippen LogP contribution >= 0.6 is 0 Å². The zero-order chi connectivity index (χ0) is 14.1. The normalized spacial score (nSPS) is 11.3. The first-order valence-corrected chi connectivity index (χ1v) is 6.68. The van der Waals surface area contributed by atoms with Gasteiger partial charge in [0.15, 0.2) is 0 Å². The summed E-state index contributed by atoms with van der Waals surface area (Å²) in [7, 11) is 0. The lowest BCUT2D eigenvalue weighted by Gasteiger charge is -2.11. The highest BCUT2D eigenvalue weighted by Crippen LogP contribution is 2.05. The van der Waals surface area contributed by atoms with Gasteiger partial charge in [0.25, 0.3) is 5.91 Å². The third kappa shape index (κ3) is 5.58. The van der Waals surface area contributed by atoms with E-state index < -0.39 is 0 Å². The number of hydrogen-bond donors (Lipinski definition) is 2. The first-order chi connectivity index (χ1) is 9.17. The maximum Gasteiger partial charge on any atom is 0.251 e. The Bertz CT molecular complexity index is 471. The van der Waals surface area contributed by atoms with Gasteiger partial charge in [0.2, 0.25) is 0 Å². The van der Waals surface area contributed by atoms with Crippen LogP contribution in [0.2, 0.25) is 0 Å². The summed E-state index contributed by atoms with van der Waals surface area (Å²) in [4.78, 5) is 12.0. The van der Waals surface area contributed by atoms with Crippen molar-refractivity contribution in [3.8, 4) is 11.8 Å². The monoisotopic (exact) mass is 259 g/mol. The predicted octanol–water partition coefficient (Wildman–Crippen LogP) is 2.34. The summed E-state index contributed by atoms with van der Waals surface area (Å²) in [5, 5.41) is 11.6. The molecule has 0 spiro atoms. The summed E-state index contributed by atoms with van der Waals surface area (Å²) < 4.78 is 0. The molecule has 1 unspecified atom stereocenters. The first kappa shape index (κ1) is 15.3. The van der Waals surface area contributed by atoms with Gasteiger partial charge in [0, 0.05) is 30.2 Å². The van der Waals surface area contributed by atoms with Crippen LogP contribution < -0.4 is 5.32 Å². The minimum Gasteiger partial charge on any atom is -0.396 e. The largest absolute Gasteiger partial charge is 0.396 e. The van der Waals surface area contributed by atoms with Crippen LogP contribution in [0, 0.1) is 11.8 Å². The highest BCUT2D eigenvalue weighted by atomic mass is 16.2. The standard InChI is InChI=1S/C16H21NO2/c1-3-13(2)17-16(19)15-10-7-9-14(12-15)8-5-4-6-11-18/h7,9-10,12-13,18H,3-4,6,11H2,1-2H3,(H,17,19). The fourth-order valence-corrected chi connectivity index (χ4v) is 1.48. The lowest BCUT2D eigenvalue weighted by atomic mass is 10.1. The van der Waals surface area contributed by atoms with Gasteiger partial charge in [0.05, 0.1) is 0 Å². The maximum atomic E-state index is 12.0. The summed E-state index contributed by atoms with van der Waals surface area (Å²) in [5.41, 5.74) is 1.46. The molecule has 0 aliphatic rings. The van der Waals surface area contributed by atoms with E-state index in [1.807, 2.05) is 26.0 Å². The number of rotatable bonds is 5. The van der Waals surface area contributed by atoms with Crippen molar-refractivity contribution in [2.45, 2.75) is 39.2 Å². The fourth-order valence-electron chi connectivity index (χ4n) is 1.48. The molecule has 0 fully saturated rings. The molecule has 102 valence electrons. The highest BCUT2D eigenvalue weighted by Gasteiger charge is 2.08. The number of carbonyl (C=O) groups excluding carboxylic acids is 1. The highest BCUT2D eigenvalue weighted by molar-refractivity contribution is 5.94. The van der Waals surface area contributed by atoms with Crippen LogP contribution in [-0.2, 0) is 0 Å². The van der Waals surface area contributed by atoms with E-state index in [9.17, 15) is 4.79 Å². The van der Waals surface area contributed by atoms with E-state index in [1.54, 1.807) is 12.1 Å². The summed E-state index contributed by atoms with van der Waals surface area (Å²) >= 11 is 0. The summed E-state index contributed by atoms with van der Waals surface area (Å²) in [6.45, 7) is 4.18. The first-order valence-electron chi connectivity index (χ1n) is 6.68. The average molecular weight is 259 g/mol. The van der Waals surface area contributed by atoms with Crippen molar-refractivity contribution in [3.63, 3.8) is 0 Å². The molecule has 1 rings (SSSR count). The molecule has 1 aromatic rings. The molecule has 0 aromatic heterocycles. The number of unbranched alkanes of at least 4 members (excludes halogenated alkanes) is 1. The Morgan fingerprint density at radius 3 is 2.95 bits per heavy atom. The van der Waals surface area contributed by atoms with Crippen LogP contribution in [0.5, 0.6) is 0 Å². The number of aliphatic hydroxyl groups excluding tert-OH is 1. The van der Waals surface area contributed by atoms with E-state index in [4.69, 9.17) is 5.11 Å². The van der Waals surface area contributed by atoms with Gasteiger partial charge in [-0.25, -0.2) is 0 Å². The molecule has 0 saturated carbocycles. The number of carbonyl (C=O) groups is 1. The van der Waals surface area contributed by atoms with E-state index in [2.05, 4.69) is 17.2 Å². The molecule has 0 radical (unpaired) electrons. The van der Waals surface area contributed by atoms with Crippen LogP contribution in [0.3, 0.4) is 0 Å². The van der Waals surface area contributed by atoms with Gasteiger partial charge >= 0.3 is 0 Å². The lowest BCUT2D eigenvalue weighted by molar-refractivity contribution is 0.0939. The topological polar surface area (TPSA) is 49.3 Å². The Morgan fingerprint density at radius 1 is 1.47 bits per heavy atom. The molecule has 1 amide bonds. The van der Waals surface area contributed by atoms with Crippen molar-refractivity contribution in [3.05, 3.63) is 35.4 Å². The number of aliphatic hydroxyl groups is 1. The third-order valence-corrected chi connectivity index (χ3v) is 2.81. The Morgan fingerprint density at radius 2 is 2.26 bits per heavy atom. The second kappa shape index (κ2) is 8.34. The fraction of sp³-hybridized carbons (Fsp3) is 0.438. The number of nitrogens with one attached hydrogen (secondary N) is 1. The van der Waals surface area contributed by atoms with E-state index in [0.29, 0.717) is 18.4 Å². The van der Waals surface area contributed by atoms with Crippen molar-refractivity contribution in [1.82, 2.24) is 5.32 Å². The predicted molar refractivity (Wildman–Crippen MR) is 76.9 cm³/mol. The summed E-state index contributed by atoms with van der Waals surface area (Å²) in [6.07, 6.45) is 2.26. The summed E-state index contributed by atoms with van der Waals surface area (Å²) in [5.74, 6) is 5.92. The quantitative estimate of drug-likeness (QED) is 0.630. The van der Waals surface area contributed by atoms with Crippen molar-refractivity contribution in [1.29, 1.82) is 0 Å². The molecule has 19 heavy (non-hydrogen) atoms. The van der Waals surface area contributed by atoms with E-state index in [-0.39, 0.29) is 18.6 Å². The lowest BCUT2D eigenvalue weighted by Crippen LogP contribution is -2.31. The SMILES string of the molecule is CCC(C)NC(=O)c1cccc(C#CCCCO)c1. The molecular formula is C16H21NO2. The van der Waals surface area contributed by atoms with Crippen LogP contribution in [0.25, 0.3) is 0 Å². The zero-order valence-electron chi connectivity index (χ0n) is 11.6.